The lowest BCUT2D eigenvalue weighted by Crippen LogP contribution is -2.34. The Kier molecular flexibility index (Phi) is 5.28. The Morgan fingerprint density at radius 2 is 2.28 bits per heavy atom. The SMILES string of the molecule is CC(=O)N1CCC=C(c2cnc(NCC3=C(F)C=CC4OCCC34C)n3cnnc23)CC1. The van der Waals surface area contributed by atoms with Crippen LogP contribution in [0, 0.1) is 5.41 Å². The highest BCUT2D eigenvalue weighted by Crippen LogP contribution is 2.46. The molecule has 1 amide bonds. The Balaban J connectivity index is 1.39. The van der Waals surface area contributed by atoms with Crippen LogP contribution in [0.15, 0.2) is 42.2 Å². The molecule has 2 atom stereocenters. The van der Waals surface area contributed by atoms with E-state index in [9.17, 15) is 9.18 Å². The Morgan fingerprint density at radius 1 is 1.41 bits per heavy atom. The van der Waals surface area contributed by atoms with Gasteiger partial charge in [0.2, 0.25) is 11.9 Å². The number of carbonyl (C=O) groups excluding carboxylic acids is 1. The Morgan fingerprint density at radius 3 is 3.12 bits per heavy atom. The van der Waals surface area contributed by atoms with Gasteiger partial charge in [-0.15, -0.1) is 10.2 Å². The molecule has 9 heteroatoms. The largest absolute Gasteiger partial charge is 0.373 e. The maximum absolute atomic E-state index is 14.7. The summed E-state index contributed by atoms with van der Waals surface area (Å²) in [5.41, 5.74) is 3.05. The highest BCUT2D eigenvalue weighted by molar-refractivity contribution is 5.78. The highest BCUT2D eigenvalue weighted by Gasteiger charge is 2.44. The minimum atomic E-state index is -0.355. The fraction of sp³-hybridized carbons (Fsp3) is 0.478. The number of nitrogens with one attached hydrogen (secondary N) is 1. The number of nitrogens with zero attached hydrogens (tertiary/aromatic N) is 5. The summed E-state index contributed by atoms with van der Waals surface area (Å²) in [6, 6.07) is 0. The molecule has 2 aromatic rings. The number of allylic oxidation sites excluding steroid dienone is 2. The standard InChI is InChI=1S/C23H27FN6O2/c1-15(31)29-9-3-4-16(7-10-29)17-12-25-22(30-14-27-28-21(17)30)26-13-18-19(24)5-6-20-23(18,2)8-11-32-20/h4-6,12,14,20H,3,7-11,13H2,1-2H3,(H,25,26). The van der Waals surface area contributed by atoms with Gasteiger partial charge in [-0.2, -0.15) is 0 Å². The van der Waals surface area contributed by atoms with E-state index in [1.165, 1.54) is 6.08 Å². The van der Waals surface area contributed by atoms with Crippen LogP contribution in [0.1, 0.15) is 38.7 Å². The van der Waals surface area contributed by atoms with E-state index in [1.54, 1.807) is 23.8 Å². The minimum absolute atomic E-state index is 0.0904. The van der Waals surface area contributed by atoms with Crippen molar-refractivity contribution in [2.75, 3.05) is 31.6 Å². The molecule has 1 aliphatic carbocycles. The van der Waals surface area contributed by atoms with Gasteiger partial charge < -0.3 is 15.0 Å². The third-order valence-electron chi connectivity index (χ3n) is 6.93. The monoisotopic (exact) mass is 438 g/mol. The van der Waals surface area contributed by atoms with E-state index in [-0.39, 0.29) is 23.3 Å². The summed E-state index contributed by atoms with van der Waals surface area (Å²) >= 11 is 0. The number of carbonyl (C=O) groups is 1. The lowest BCUT2D eigenvalue weighted by Gasteiger charge is -2.34. The summed E-state index contributed by atoms with van der Waals surface area (Å²) in [5.74, 6) is 0.437. The second kappa shape index (κ2) is 8.12. The van der Waals surface area contributed by atoms with Crippen molar-refractivity contribution in [2.45, 2.75) is 39.2 Å². The van der Waals surface area contributed by atoms with E-state index in [2.05, 4.69) is 33.5 Å². The van der Waals surface area contributed by atoms with Gasteiger partial charge in [-0.1, -0.05) is 19.1 Å². The highest BCUT2D eigenvalue weighted by atomic mass is 19.1. The molecule has 4 heterocycles. The van der Waals surface area contributed by atoms with Gasteiger partial charge in [0, 0.05) is 50.3 Å². The molecule has 1 saturated heterocycles. The van der Waals surface area contributed by atoms with E-state index in [4.69, 9.17) is 4.74 Å². The summed E-state index contributed by atoms with van der Waals surface area (Å²) in [5, 5.41) is 11.7. The third kappa shape index (κ3) is 3.50. The van der Waals surface area contributed by atoms with Crippen LogP contribution in [-0.4, -0.2) is 62.7 Å². The first kappa shape index (κ1) is 20.8. The first-order valence-corrected chi connectivity index (χ1v) is 11.0. The van der Waals surface area contributed by atoms with Crippen LogP contribution in [0.3, 0.4) is 0 Å². The predicted molar refractivity (Wildman–Crippen MR) is 118 cm³/mol. The van der Waals surface area contributed by atoms with Gasteiger partial charge in [-0.05, 0) is 36.5 Å². The molecule has 168 valence electrons. The van der Waals surface area contributed by atoms with Crippen LogP contribution in [0.4, 0.5) is 10.3 Å². The second-order valence-corrected chi connectivity index (χ2v) is 8.79. The topological polar surface area (TPSA) is 84.7 Å². The average Bonchev–Trinajstić information content (AvgIpc) is 3.33. The molecule has 2 aliphatic heterocycles. The number of rotatable bonds is 4. The first-order valence-electron chi connectivity index (χ1n) is 11.0. The molecule has 1 N–H and O–H groups in total. The van der Waals surface area contributed by atoms with E-state index >= 15 is 0 Å². The fourth-order valence-corrected chi connectivity index (χ4v) is 4.91. The van der Waals surface area contributed by atoms with E-state index in [0.717, 1.165) is 30.4 Å². The number of fused-ring (bicyclic) bond motifs is 2. The van der Waals surface area contributed by atoms with E-state index in [1.807, 2.05) is 11.0 Å². The molecule has 5 rings (SSSR count). The molecule has 0 radical (unpaired) electrons. The summed E-state index contributed by atoms with van der Waals surface area (Å²) in [6.45, 7) is 5.99. The molecular formula is C23H27FN6O2. The van der Waals surface area contributed by atoms with Crippen molar-refractivity contribution < 1.29 is 13.9 Å². The minimum Gasteiger partial charge on any atom is -0.373 e. The Bertz CT molecular complexity index is 1150. The quantitative estimate of drug-likeness (QED) is 0.790. The van der Waals surface area contributed by atoms with Gasteiger partial charge in [0.15, 0.2) is 5.65 Å². The van der Waals surface area contributed by atoms with Crippen molar-refractivity contribution >= 4 is 23.1 Å². The number of hydrogen-bond acceptors (Lipinski definition) is 6. The molecule has 0 bridgehead atoms. The van der Waals surface area contributed by atoms with Crippen molar-refractivity contribution in [3.8, 4) is 0 Å². The summed E-state index contributed by atoms with van der Waals surface area (Å²) in [6.07, 6.45) is 11.1. The van der Waals surface area contributed by atoms with Gasteiger partial charge in [-0.3, -0.25) is 9.20 Å². The Labute approximate surface area is 185 Å². The zero-order valence-electron chi connectivity index (χ0n) is 18.3. The van der Waals surface area contributed by atoms with Crippen LogP contribution >= 0.6 is 0 Å². The van der Waals surface area contributed by atoms with Crippen molar-refractivity contribution in [2.24, 2.45) is 5.41 Å². The van der Waals surface area contributed by atoms with Crippen LogP contribution in [0.25, 0.3) is 11.2 Å². The Hall–Kier alpha value is -3.07. The summed E-state index contributed by atoms with van der Waals surface area (Å²) < 4.78 is 22.3. The van der Waals surface area contributed by atoms with Gasteiger partial charge >= 0.3 is 0 Å². The maximum Gasteiger partial charge on any atom is 0.219 e. The number of anilines is 1. The number of ether oxygens (including phenoxy) is 1. The number of amides is 1. The van der Waals surface area contributed by atoms with E-state index < -0.39 is 0 Å². The lowest BCUT2D eigenvalue weighted by molar-refractivity contribution is -0.128. The van der Waals surface area contributed by atoms with Crippen LogP contribution in [0.2, 0.25) is 0 Å². The molecule has 0 spiro atoms. The summed E-state index contributed by atoms with van der Waals surface area (Å²) in [7, 11) is 0. The first-order chi connectivity index (χ1) is 15.5. The normalized spacial score (nSPS) is 25.7. The van der Waals surface area contributed by atoms with Gasteiger partial charge in [-0.25, -0.2) is 9.37 Å². The second-order valence-electron chi connectivity index (χ2n) is 8.79. The summed E-state index contributed by atoms with van der Waals surface area (Å²) in [4.78, 5) is 18.2. The van der Waals surface area contributed by atoms with Crippen molar-refractivity contribution in [3.05, 3.63) is 47.7 Å². The van der Waals surface area contributed by atoms with Crippen molar-refractivity contribution in [3.63, 3.8) is 0 Å². The number of hydrogen-bond donors (Lipinski definition) is 1. The molecule has 0 saturated carbocycles. The third-order valence-corrected chi connectivity index (χ3v) is 6.93. The lowest BCUT2D eigenvalue weighted by atomic mass is 9.73. The van der Waals surface area contributed by atoms with E-state index in [0.29, 0.717) is 43.4 Å². The zero-order chi connectivity index (χ0) is 22.3. The molecule has 3 aliphatic rings. The van der Waals surface area contributed by atoms with Crippen LogP contribution in [-0.2, 0) is 9.53 Å². The fourth-order valence-electron chi connectivity index (χ4n) is 4.91. The molecule has 8 nitrogen and oxygen atoms in total. The number of halogens is 1. The molecular weight excluding hydrogens is 411 g/mol. The van der Waals surface area contributed by atoms with Crippen LogP contribution in [0.5, 0.6) is 0 Å². The van der Waals surface area contributed by atoms with Gasteiger partial charge in [0.05, 0.1) is 6.10 Å². The molecule has 32 heavy (non-hydrogen) atoms. The predicted octanol–water partition coefficient (Wildman–Crippen LogP) is 3.15. The number of aromatic nitrogens is 4. The molecule has 2 unspecified atom stereocenters. The van der Waals surface area contributed by atoms with Gasteiger partial charge in [0.1, 0.15) is 12.2 Å². The van der Waals surface area contributed by atoms with Crippen molar-refractivity contribution in [1.29, 1.82) is 0 Å². The zero-order valence-corrected chi connectivity index (χ0v) is 18.3. The van der Waals surface area contributed by atoms with Crippen molar-refractivity contribution in [1.82, 2.24) is 24.5 Å². The smallest absolute Gasteiger partial charge is 0.219 e. The molecule has 2 aromatic heterocycles. The van der Waals surface area contributed by atoms with Gasteiger partial charge in [0.25, 0.3) is 0 Å². The van der Waals surface area contributed by atoms with Crippen LogP contribution < -0.4 is 5.32 Å². The molecule has 1 fully saturated rings. The maximum atomic E-state index is 14.7. The average molecular weight is 439 g/mol. The molecule has 0 aromatic carbocycles.